The van der Waals surface area contributed by atoms with Crippen molar-refractivity contribution in [2.24, 2.45) is 5.73 Å². The lowest BCUT2D eigenvalue weighted by Crippen LogP contribution is -2.39. The van der Waals surface area contributed by atoms with E-state index in [-0.39, 0.29) is 35.3 Å². The molecule has 39 heavy (non-hydrogen) atoms. The van der Waals surface area contributed by atoms with Crippen LogP contribution >= 0.6 is 15.9 Å². The number of carbonyl (C=O) groups excluding carboxylic acids is 1. The molecule has 5 nitrogen and oxygen atoms in total. The topological polar surface area (TPSA) is 79.4 Å². The highest BCUT2D eigenvalue weighted by Crippen LogP contribution is 2.47. The number of anilines is 1. The number of hydrogen-bond acceptors (Lipinski definition) is 5. The average molecular weight is 590 g/mol. The molecule has 8 heteroatoms. The van der Waals surface area contributed by atoms with Crippen LogP contribution in [0, 0.1) is 36.8 Å². The lowest BCUT2D eigenvalue weighted by molar-refractivity contribution is -0.116. The Bertz CT molecular complexity index is 1590. The molecule has 0 bridgehead atoms. The van der Waals surface area contributed by atoms with Gasteiger partial charge in [-0.25, -0.2) is 8.78 Å². The second-order valence-electron chi connectivity index (χ2n) is 9.79. The molecule has 0 spiro atoms. The summed E-state index contributed by atoms with van der Waals surface area (Å²) in [4.78, 5) is 15.0. The highest BCUT2D eigenvalue weighted by atomic mass is 79.9. The van der Waals surface area contributed by atoms with E-state index in [9.17, 15) is 14.4 Å². The largest absolute Gasteiger partial charge is 0.489 e. The average Bonchev–Trinajstić information content (AvgIpc) is 2.90. The van der Waals surface area contributed by atoms with Gasteiger partial charge in [-0.3, -0.25) is 9.69 Å². The van der Waals surface area contributed by atoms with Gasteiger partial charge >= 0.3 is 0 Å². The van der Waals surface area contributed by atoms with Crippen LogP contribution in [0.3, 0.4) is 0 Å². The Kier molecular flexibility index (Phi) is 7.28. The van der Waals surface area contributed by atoms with E-state index in [0.717, 1.165) is 22.3 Å². The standard InChI is InChI=1S/C31H26BrF2N3O2/c1-17-12-18(2)23(13-19(17)16-39-22-9-7-21(33)8-10-22)29-24(15-35)31(36)37(26-11-6-20(32)14-25(26)34)27-4-3-5-28(38)30(27)29/h6-14,29H,3-5,16,36H2,1-2H3. The van der Waals surface area contributed by atoms with Gasteiger partial charge in [0, 0.05) is 22.2 Å². The van der Waals surface area contributed by atoms with Gasteiger partial charge in [0.2, 0.25) is 0 Å². The third kappa shape index (κ3) is 4.95. The number of nitriles is 1. The lowest BCUT2D eigenvalue weighted by Gasteiger charge is -2.40. The first-order valence-corrected chi connectivity index (χ1v) is 13.4. The number of ketones is 1. The van der Waals surface area contributed by atoms with Crippen molar-refractivity contribution in [1.29, 1.82) is 5.26 Å². The minimum absolute atomic E-state index is 0.0758. The molecule has 5 rings (SSSR count). The molecule has 0 saturated heterocycles. The van der Waals surface area contributed by atoms with Gasteiger partial charge in [-0.05, 0) is 91.4 Å². The number of ether oxygens (including phenoxy) is 1. The van der Waals surface area contributed by atoms with Gasteiger partial charge in [0.15, 0.2) is 5.78 Å². The van der Waals surface area contributed by atoms with Crippen LogP contribution in [-0.4, -0.2) is 5.78 Å². The van der Waals surface area contributed by atoms with Gasteiger partial charge in [-0.1, -0.05) is 28.1 Å². The number of allylic oxidation sites excluding steroid dienone is 3. The summed E-state index contributed by atoms with van der Waals surface area (Å²) in [5.41, 5.74) is 11.6. The maximum atomic E-state index is 15.1. The predicted molar refractivity (Wildman–Crippen MR) is 149 cm³/mol. The SMILES string of the molecule is Cc1cc(C)c(C2C(C#N)=C(N)N(c3ccc(Br)cc3F)C3=C2C(=O)CCC3)cc1COc1ccc(F)cc1. The number of hydrogen-bond donors (Lipinski definition) is 1. The van der Waals surface area contributed by atoms with Crippen molar-refractivity contribution in [3.8, 4) is 11.8 Å². The summed E-state index contributed by atoms with van der Waals surface area (Å²) >= 11 is 3.28. The zero-order chi connectivity index (χ0) is 27.8. The van der Waals surface area contributed by atoms with Crippen LogP contribution in [0.25, 0.3) is 0 Å². The highest BCUT2D eigenvalue weighted by molar-refractivity contribution is 9.10. The number of nitrogens with two attached hydrogens (primary N) is 1. The second kappa shape index (κ2) is 10.7. The maximum Gasteiger partial charge on any atom is 0.161 e. The second-order valence-corrected chi connectivity index (χ2v) is 10.7. The molecule has 1 aliphatic heterocycles. The van der Waals surface area contributed by atoms with E-state index in [2.05, 4.69) is 22.0 Å². The molecule has 1 aliphatic carbocycles. The normalized spacial score (nSPS) is 17.3. The molecule has 1 atom stereocenters. The first-order valence-electron chi connectivity index (χ1n) is 12.6. The van der Waals surface area contributed by atoms with Crippen molar-refractivity contribution < 1.29 is 18.3 Å². The Morgan fingerprint density at radius 3 is 2.51 bits per heavy atom. The molecular weight excluding hydrogens is 564 g/mol. The molecule has 0 fully saturated rings. The zero-order valence-corrected chi connectivity index (χ0v) is 23.1. The summed E-state index contributed by atoms with van der Waals surface area (Å²) in [7, 11) is 0. The molecule has 198 valence electrons. The summed E-state index contributed by atoms with van der Waals surface area (Å²) < 4.78 is 34.9. The van der Waals surface area contributed by atoms with Crippen molar-refractivity contribution in [3.63, 3.8) is 0 Å². The van der Waals surface area contributed by atoms with Crippen LogP contribution in [0.2, 0.25) is 0 Å². The highest BCUT2D eigenvalue weighted by Gasteiger charge is 2.41. The van der Waals surface area contributed by atoms with Gasteiger partial charge in [-0.15, -0.1) is 0 Å². The monoisotopic (exact) mass is 589 g/mol. The summed E-state index contributed by atoms with van der Waals surface area (Å²) in [6.45, 7) is 4.12. The first kappa shape index (κ1) is 26.6. The zero-order valence-electron chi connectivity index (χ0n) is 21.5. The van der Waals surface area contributed by atoms with E-state index in [0.29, 0.717) is 40.8 Å². The lowest BCUT2D eigenvalue weighted by atomic mass is 9.74. The Balaban J connectivity index is 1.63. The van der Waals surface area contributed by atoms with Gasteiger partial charge < -0.3 is 10.5 Å². The van der Waals surface area contributed by atoms with E-state index in [1.54, 1.807) is 24.3 Å². The fourth-order valence-electron chi connectivity index (χ4n) is 5.41. The minimum Gasteiger partial charge on any atom is -0.489 e. The number of carbonyl (C=O) groups is 1. The Hall–Kier alpha value is -3.96. The van der Waals surface area contributed by atoms with Crippen molar-refractivity contribution in [3.05, 3.63) is 116 Å². The molecule has 3 aromatic carbocycles. The Labute approximate surface area is 234 Å². The summed E-state index contributed by atoms with van der Waals surface area (Å²) in [5, 5.41) is 10.3. The van der Waals surface area contributed by atoms with Crippen LogP contribution < -0.4 is 15.4 Å². The molecule has 0 radical (unpaired) electrons. The van der Waals surface area contributed by atoms with Gasteiger partial charge in [-0.2, -0.15) is 5.26 Å². The quantitative estimate of drug-likeness (QED) is 0.339. The molecule has 1 heterocycles. The van der Waals surface area contributed by atoms with Crippen molar-refractivity contribution in [1.82, 2.24) is 0 Å². The number of nitrogens with zero attached hydrogens (tertiary/aromatic N) is 2. The first-order chi connectivity index (χ1) is 18.7. The molecule has 0 aromatic heterocycles. The third-order valence-corrected chi connectivity index (χ3v) is 7.80. The fraction of sp³-hybridized carbons (Fsp3) is 0.226. The Morgan fingerprint density at radius 1 is 1.08 bits per heavy atom. The molecule has 2 aliphatic rings. The summed E-state index contributed by atoms with van der Waals surface area (Å²) in [6, 6.07) is 16.6. The third-order valence-electron chi connectivity index (χ3n) is 7.31. The van der Waals surface area contributed by atoms with Crippen molar-refractivity contribution in [2.45, 2.75) is 45.6 Å². The van der Waals surface area contributed by atoms with Crippen molar-refractivity contribution >= 4 is 27.4 Å². The van der Waals surface area contributed by atoms with Crippen LogP contribution in [0.15, 0.2) is 81.7 Å². The summed E-state index contributed by atoms with van der Waals surface area (Å²) in [5.74, 6) is -0.982. The van der Waals surface area contributed by atoms with Crippen LogP contribution in [0.1, 0.15) is 47.4 Å². The fourth-order valence-corrected chi connectivity index (χ4v) is 5.74. The molecule has 3 aromatic rings. The number of benzene rings is 3. The van der Waals surface area contributed by atoms with Gasteiger partial charge in [0.05, 0.1) is 23.2 Å². The van der Waals surface area contributed by atoms with Crippen LogP contribution in [-0.2, 0) is 11.4 Å². The molecule has 0 amide bonds. The maximum absolute atomic E-state index is 15.1. The molecular formula is C31H26BrF2N3O2. The van der Waals surface area contributed by atoms with Crippen LogP contribution in [0.5, 0.6) is 5.75 Å². The summed E-state index contributed by atoms with van der Waals surface area (Å²) in [6.07, 6.45) is 1.48. The van der Waals surface area contributed by atoms with Gasteiger partial charge in [0.1, 0.15) is 29.8 Å². The van der Waals surface area contributed by atoms with Crippen molar-refractivity contribution in [2.75, 3.05) is 4.90 Å². The molecule has 1 unspecified atom stereocenters. The van der Waals surface area contributed by atoms with E-state index in [4.69, 9.17) is 10.5 Å². The predicted octanol–water partition coefficient (Wildman–Crippen LogP) is 7.23. The van der Waals surface area contributed by atoms with E-state index in [1.807, 2.05) is 26.0 Å². The molecule has 0 saturated carbocycles. The minimum atomic E-state index is -0.683. The Morgan fingerprint density at radius 2 is 1.82 bits per heavy atom. The van der Waals surface area contributed by atoms with E-state index >= 15 is 4.39 Å². The number of halogens is 3. The number of Topliss-reactive ketones (excluding diaryl/α,β-unsaturated/α-hetero) is 1. The van der Waals surface area contributed by atoms with Crippen LogP contribution in [0.4, 0.5) is 14.5 Å². The molecule has 2 N–H and O–H groups in total. The smallest absolute Gasteiger partial charge is 0.161 e. The number of aryl methyl sites for hydroxylation is 2. The van der Waals surface area contributed by atoms with Gasteiger partial charge in [0.25, 0.3) is 0 Å². The van der Waals surface area contributed by atoms with E-state index in [1.165, 1.54) is 23.1 Å². The van der Waals surface area contributed by atoms with E-state index < -0.39 is 11.7 Å². The number of rotatable bonds is 5.